The highest BCUT2D eigenvalue weighted by Gasteiger charge is 1.90. The maximum atomic E-state index is 10.4. The van der Waals surface area contributed by atoms with Crippen LogP contribution in [0.1, 0.15) is 20.3 Å². The molecule has 0 saturated heterocycles. The normalized spacial score (nSPS) is 8.20. The third-order valence-electron chi connectivity index (χ3n) is 0.949. The van der Waals surface area contributed by atoms with Crippen molar-refractivity contribution in [3.05, 3.63) is 0 Å². The van der Waals surface area contributed by atoms with Crippen LogP contribution in [0.2, 0.25) is 0 Å². The van der Waals surface area contributed by atoms with Gasteiger partial charge in [0.05, 0.1) is 6.61 Å². The highest BCUT2D eigenvalue weighted by atomic mass is 16.5. The fraction of sp³-hybridized carbons (Fsp3) is 0.625. The molecule has 0 aromatic heterocycles. The summed E-state index contributed by atoms with van der Waals surface area (Å²) in [5.41, 5.74) is 0. The molecule has 0 aliphatic rings. The Labute approximate surface area is 61.6 Å². The van der Waals surface area contributed by atoms with E-state index in [1.807, 2.05) is 0 Å². The summed E-state index contributed by atoms with van der Waals surface area (Å²) in [4.78, 5) is 10.4. The van der Waals surface area contributed by atoms with Crippen LogP contribution >= 0.6 is 0 Å². The molecule has 0 bridgehead atoms. The van der Waals surface area contributed by atoms with Crippen LogP contribution in [-0.4, -0.2) is 19.0 Å². The van der Waals surface area contributed by atoms with E-state index < -0.39 is 0 Å². The Kier molecular flexibility index (Phi) is 5.80. The van der Waals surface area contributed by atoms with Crippen LogP contribution in [0.3, 0.4) is 0 Å². The Balaban J connectivity index is 3.03. The zero-order valence-electron chi connectivity index (χ0n) is 6.44. The molecule has 2 nitrogen and oxygen atoms in total. The molecule has 0 fully saturated rings. The Morgan fingerprint density at radius 2 is 2.30 bits per heavy atom. The predicted octanol–water partition coefficient (Wildman–Crippen LogP) is 1.01. The maximum absolute atomic E-state index is 10.4. The molecule has 0 heterocycles. The second-order valence-electron chi connectivity index (χ2n) is 1.93. The van der Waals surface area contributed by atoms with Crippen molar-refractivity contribution in [3.8, 4) is 11.8 Å². The number of rotatable bonds is 4. The molecule has 0 atom stereocenters. The van der Waals surface area contributed by atoms with Gasteiger partial charge in [0, 0.05) is 6.42 Å². The van der Waals surface area contributed by atoms with Gasteiger partial charge in [-0.1, -0.05) is 5.92 Å². The summed E-state index contributed by atoms with van der Waals surface area (Å²) in [6.07, 6.45) is 0.491. The van der Waals surface area contributed by atoms with Gasteiger partial charge in [-0.25, -0.2) is 0 Å². The molecule has 2 heteroatoms. The zero-order chi connectivity index (χ0) is 7.82. The van der Waals surface area contributed by atoms with Crippen molar-refractivity contribution in [1.29, 1.82) is 0 Å². The Hall–Kier alpha value is -0.810. The summed E-state index contributed by atoms with van der Waals surface area (Å²) >= 11 is 0. The summed E-state index contributed by atoms with van der Waals surface area (Å²) < 4.78 is 4.99. The second kappa shape index (κ2) is 6.31. The highest BCUT2D eigenvalue weighted by Crippen LogP contribution is 1.82. The quantitative estimate of drug-likeness (QED) is 0.430. The number of carbonyl (C=O) groups excluding carboxylic acids is 1. The van der Waals surface area contributed by atoms with E-state index in [1.54, 1.807) is 13.8 Å². The summed E-state index contributed by atoms with van der Waals surface area (Å²) in [5, 5.41) is 0. The monoisotopic (exact) mass is 140 g/mol. The van der Waals surface area contributed by atoms with Crippen LogP contribution in [0.4, 0.5) is 0 Å². The lowest BCUT2D eigenvalue weighted by molar-refractivity contribution is -0.117. The smallest absolute Gasteiger partial charge is 0.132 e. The van der Waals surface area contributed by atoms with Gasteiger partial charge in [-0.05, 0) is 13.8 Å². The van der Waals surface area contributed by atoms with E-state index in [4.69, 9.17) is 4.74 Å². The molecule has 0 aliphatic heterocycles. The number of hydrogen-bond acceptors (Lipinski definition) is 2. The molecule has 0 amide bonds. The van der Waals surface area contributed by atoms with Crippen LogP contribution < -0.4 is 0 Å². The second-order valence-corrected chi connectivity index (χ2v) is 1.93. The van der Waals surface area contributed by atoms with Gasteiger partial charge in [-0.3, -0.25) is 4.79 Å². The van der Waals surface area contributed by atoms with Crippen LogP contribution in [0.5, 0.6) is 0 Å². The van der Waals surface area contributed by atoms with Crippen LogP contribution in [0, 0.1) is 11.8 Å². The van der Waals surface area contributed by atoms with E-state index in [9.17, 15) is 4.79 Å². The third-order valence-corrected chi connectivity index (χ3v) is 0.949. The highest BCUT2D eigenvalue weighted by molar-refractivity contribution is 5.75. The molecule has 56 valence electrons. The largest absolute Gasteiger partial charge is 0.368 e. The maximum Gasteiger partial charge on any atom is 0.132 e. The van der Waals surface area contributed by atoms with E-state index in [2.05, 4.69) is 11.8 Å². The summed E-state index contributed by atoms with van der Waals surface area (Å²) in [5.74, 6) is 5.59. The third kappa shape index (κ3) is 7.19. The summed E-state index contributed by atoms with van der Waals surface area (Å²) in [6, 6.07) is 0. The standard InChI is InChI=1S/C8H12O2/c1-3-4-6-10-7-5-8(2)9/h5-7H2,1-2H3. The van der Waals surface area contributed by atoms with Crippen molar-refractivity contribution < 1.29 is 9.53 Å². The van der Waals surface area contributed by atoms with Gasteiger partial charge >= 0.3 is 0 Å². The predicted molar refractivity (Wildman–Crippen MR) is 39.6 cm³/mol. The molecule has 0 saturated carbocycles. The van der Waals surface area contributed by atoms with E-state index in [0.29, 0.717) is 19.6 Å². The Morgan fingerprint density at radius 3 is 2.80 bits per heavy atom. The average molecular weight is 140 g/mol. The number of hydrogen-bond donors (Lipinski definition) is 0. The van der Waals surface area contributed by atoms with E-state index in [-0.39, 0.29) is 5.78 Å². The molecule has 0 rings (SSSR count). The van der Waals surface area contributed by atoms with Crippen LogP contribution in [0.15, 0.2) is 0 Å². The minimum Gasteiger partial charge on any atom is -0.368 e. The van der Waals surface area contributed by atoms with Gasteiger partial charge in [-0.15, -0.1) is 5.92 Å². The lowest BCUT2D eigenvalue weighted by Gasteiger charge is -1.94. The first-order valence-corrected chi connectivity index (χ1v) is 3.24. The fourth-order valence-corrected chi connectivity index (χ4v) is 0.411. The zero-order valence-corrected chi connectivity index (χ0v) is 6.44. The Bertz CT molecular complexity index is 150. The van der Waals surface area contributed by atoms with Gasteiger partial charge < -0.3 is 4.74 Å². The molecule has 0 N–H and O–H groups in total. The lowest BCUT2D eigenvalue weighted by atomic mass is 10.3. The number of carbonyl (C=O) groups is 1. The fourth-order valence-electron chi connectivity index (χ4n) is 0.411. The van der Waals surface area contributed by atoms with Crippen LogP contribution in [0.25, 0.3) is 0 Å². The van der Waals surface area contributed by atoms with Crippen molar-refractivity contribution in [2.75, 3.05) is 13.2 Å². The minimum absolute atomic E-state index is 0.157. The molecular formula is C8H12O2. The number of Topliss-reactive ketones (excluding diaryl/α,β-unsaturated/α-hetero) is 1. The van der Waals surface area contributed by atoms with Crippen LogP contribution in [-0.2, 0) is 9.53 Å². The molecule has 0 unspecified atom stereocenters. The molecule has 0 radical (unpaired) electrons. The minimum atomic E-state index is 0.157. The Morgan fingerprint density at radius 1 is 1.60 bits per heavy atom. The van der Waals surface area contributed by atoms with E-state index in [1.165, 1.54) is 0 Å². The van der Waals surface area contributed by atoms with Gasteiger partial charge in [0.1, 0.15) is 12.4 Å². The van der Waals surface area contributed by atoms with Crippen molar-refractivity contribution in [3.63, 3.8) is 0 Å². The first-order chi connectivity index (χ1) is 4.77. The van der Waals surface area contributed by atoms with E-state index >= 15 is 0 Å². The van der Waals surface area contributed by atoms with Gasteiger partial charge in [-0.2, -0.15) is 0 Å². The first kappa shape index (κ1) is 9.19. The van der Waals surface area contributed by atoms with Gasteiger partial charge in [0.15, 0.2) is 0 Å². The summed E-state index contributed by atoms with van der Waals surface area (Å²) in [7, 11) is 0. The molecular weight excluding hydrogens is 128 g/mol. The van der Waals surface area contributed by atoms with Crippen molar-refractivity contribution in [1.82, 2.24) is 0 Å². The molecule has 0 aliphatic carbocycles. The van der Waals surface area contributed by atoms with Gasteiger partial charge in [0.25, 0.3) is 0 Å². The topological polar surface area (TPSA) is 26.3 Å². The van der Waals surface area contributed by atoms with E-state index in [0.717, 1.165) is 0 Å². The number of ketones is 1. The number of ether oxygens (including phenoxy) is 1. The molecule has 0 spiro atoms. The SMILES string of the molecule is CC#CCOCCC(C)=O. The average Bonchev–Trinajstić information content (AvgIpc) is 1.87. The van der Waals surface area contributed by atoms with Crippen molar-refractivity contribution >= 4 is 5.78 Å². The van der Waals surface area contributed by atoms with Crippen molar-refractivity contribution in [2.24, 2.45) is 0 Å². The summed E-state index contributed by atoms with van der Waals surface area (Å²) in [6.45, 7) is 4.23. The van der Waals surface area contributed by atoms with Gasteiger partial charge in [0.2, 0.25) is 0 Å². The first-order valence-electron chi connectivity index (χ1n) is 3.24. The lowest BCUT2D eigenvalue weighted by Crippen LogP contribution is -1.99. The van der Waals surface area contributed by atoms with Crippen molar-refractivity contribution in [2.45, 2.75) is 20.3 Å². The molecule has 10 heavy (non-hydrogen) atoms. The molecule has 0 aromatic carbocycles. The molecule has 0 aromatic rings.